The number of carbonyl (C=O) groups excluding carboxylic acids is 1. The average Bonchev–Trinajstić information content (AvgIpc) is 2.53. The Balaban J connectivity index is 2.28. The highest BCUT2D eigenvalue weighted by Crippen LogP contribution is 2.28. The van der Waals surface area contributed by atoms with Crippen LogP contribution in [0.15, 0.2) is 53.7 Å². The van der Waals surface area contributed by atoms with E-state index in [0.29, 0.717) is 16.6 Å². The van der Waals surface area contributed by atoms with Crippen molar-refractivity contribution in [3.05, 3.63) is 54.5 Å². The molecule has 1 aromatic carbocycles. The van der Waals surface area contributed by atoms with E-state index in [1.54, 1.807) is 36.7 Å². The minimum Gasteiger partial charge on any atom is -0.364 e. The van der Waals surface area contributed by atoms with Crippen LogP contribution in [0.4, 0.5) is 0 Å². The molecule has 0 fully saturated rings. The van der Waals surface area contributed by atoms with Crippen LogP contribution in [-0.4, -0.2) is 30.5 Å². The molecule has 3 rings (SSSR count). The molecular weight excluding hydrogens is 314 g/mol. The summed E-state index contributed by atoms with van der Waals surface area (Å²) in [6.45, 7) is 0. The molecule has 0 saturated carbocycles. The largest absolute Gasteiger partial charge is 0.364 e. The number of rotatable bonds is 3. The standard InChI is InChI=1S/C16H13N3O3S/c1-23(21,22)12-4-2-3-10(7-12)13-9-18-8-11-5-6-14(16(17)20)19-15(11)13/h2-9H,1H3,(H2,17,20). The van der Waals surface area contributed by atoms with Crippen molar-refractivity contribution in [2.45, 2.75) is 4.90 Å². The fraction of sp³-hybridized carbons (Fsp3) is 0.0625. The second kappa shape index (κ2) is 5.44. The molecule has 0 spiro atoms. The fourth-order valence-electron chi connectivity index (χ4n) is 2.29. The van der Waals surface area contributed by atoms with Gasteiger partial charge in [0.25, 0.3) is 5.91 Å². The van der Waals surface area contributed by atoms with E-state index in [1.807, 2.05) is 0 Å². The van der Waals surface area contributed by atoms with Crippen LogP contribution < -0.4 is 5.73 Å². The summed E-state index contributed by atoms with van der Waals surface area (Å²) in [7, 11) is -3.32. The molecular formula is C16H13N3O3S. The molecule has 0 aliphatic heterocycles. The third-order valence-electron chi connectivity index (χ3n) is 3.42. The van der Waals surface area contributed by atoms with Crippen molar-refractivity contribution in [1.82, 2.24) is 9.97 Å². The number of sulfone groups is 1. The fourth-order valence-corrected chi connectivity index (χ4v) is 2.95. The van der Waals surface area contributed by atoms with Crippen molar-refractivity contribution in [3.8, 4) is 11.1 Å². The Morgan fingerprint density at radius 2 is 1.91 bits per heavy atom. The zero-order valence-corrected chi connectivity index (χ0v) is 13.0. The summed E-state index contributed by atoms with van der Waals surface area (Å²) in [5.41, 5.74) is 7.25. The van der Waals surface area contributed by atoms with Crippen molar-refractivity contribution < 1.29 is 13.2 Å². The van der Waals surface area contributed by atoms with Gasteiger partial charge in [0.15, 0.2) is 9.84 Å². The normalized spacial score (nSPS) is 11.5. The number of hydrogen-bond donors (Lipinski definition) is 1. The molecule has 0 unspecified atom stereocenters. The maximum atomic E-state index is 11.7. The maximum Gasteiger partial charge on any atom is 0.267 e. The van der Waals surface area contributed by atoms with Crippen molar-refractivity contribution in [3.63, 3.8) is 0 Å². The van der Waals surface area contributed by atoms with E-state index < -0.39 is 15.7 Å². The Hall–Kier alpha value is -2.80. The molecule has 3 aromatic rings. The molecule has 2 N–H and O–H groups in total. The van der Waals surface area contributed by atoms with Crippen molar-refractivity contribution in [2.24, 2.45) is 5.73 Å². The van der Waals surface area contributed by atoms with Gasteiger partial charge in [0.05, 0.1) is 10.4 Å². The van der Waals surface area contributed by atoms with Gasteiger partial charge in [-0.05, 0) is 29.8 Å². The van der Waals surface area contributed by atoms with Crippen LogP contribution in [0.2, 0.25) is 0 Å². The number of pyridine rings is 2. The third-order valence-corrected chi connectivity index (χ3v) is 4.53. The number of hydrogen-bond acceptors (Lipinski definition) is 5. The van der Waals surface area contributed by atoms with Crippen LogP contribution in [0.3, 0.4) is 0 Å². The summed E-state index contributed by atoms with van der Waals surface area (Å²) < 4.78 is 23.5. The van der Waals surface area contributed by atoms with E-state index in [9.17, 15) is 13.2 Å². The van der Waals surface area contributed by atoms with Gasteiger partial charge in [-0.1, -0.05) is 12.1 Å². The molecule has 7 heteroatoms. The second-order valence-corrected chi connectivity index (χ2v) is 7.14. The predicted octanol–water partition coefficient (Wildman–Crippen LogP) is 1.80. The lowest BCUT2D eigenvalue weighted by atomic mass is 10.0. The second-order valence-electron chi connectivity index (χ2n) is 5.12. The molecule has 116 valence electrons. The molecule has 1 amide bonds. The lowest BCUT2D eigenvalue weighted by molar-refractivity contribution is 0.0996. The van der Waals surface area contributed by atoms with Crippen molar-refractivity contribution >= 4 is 26.6 Å². The highest BCUT2D eigenvalue weighted by atomic mass is 32.2. The van der Waals surface area contributed by atoms with Gasteiger partial charge in [-0.3, -0.25) is 9.78 Å². The molecule has 0 saturated heterocycles. The van der Waals surface area contributed by atoms with Gasteiger partial charge in [-0.25, -0.2) is 13.4 Å². The lowest BCUT2D eigenvalue weighted by Crippen LogP contribution is -2.12. The SMILES string of the molecule is CS(=O)(=O)c1cccc(-c2cncc3ccc(C(N)=O)nc23)c1. The molecule has 2 heterocycles. The number of amides is 1. The zero-order chi connectivity index (χ0) is 16.6. The predicted molar refractivity (Wildman–Crippen MR) is 86.6 cm³/mol. The lowest BCUT2D eigenvalue weighted by Gasteiger charge is -2.08. The van der Waals surface area contributed by atoms with Crippen LogP contribution >= 0.6 is 0 Å². The van der Waals surface area contributed by atoms with E-state index in [-0.39, 0.29) is 10.6 Å². The first kappa shape index (κ1) is 15.1. The highest BCUT2D eigenvalue weighted by Gasteiger charge is 2.12. The highest BCUT2D eigenvalue weighted by molar-refractivity contribution is 7.90. The monoisotopic (exact) mass is 327 g/mol. The van der Waals surface area contributed by atoms with E-state index >= 15 is 0 Å². The third kappa shape index (κ3) is 2.91. The van der Waals surface area contributed by atoms with Crippen LogP contribution in [0.1, 0.15) is 10.5 Å². The van der Waals surface area contributed by atoms with Gasteiger partial charge in [0, 0.05) is 29.6 Å². The Morgan fingerprint density at radius 1 is 1.13 bits per heavy atom. The molecule has 0 atom stereocenters. The van der Waals surface area contributed by atoms with E-state index in [2.05, 4.69) is 9.97 Å². The first-order chi connectivity index (χ1) is 10.9. The number of nitrogens with two attached hydrogens (primary N) is 1. The summed E-state index contributed by atoms with van der Waals surface area (Å²) >= 11 is 0. The van der Waals surface area contributed by atoms with E-state index in [1.165, 1.54) is 12.1 Å². The van der Waals surface area contributed by atoms with E-state index in [4.69, 9.17) is 5.73 Å². The first-order valence-electron chi connectivity index (χ1n) is 6.71. The molecule has 2 aromatic heterocycles. The van der Waals surface area contributed by atoms with Gasteiger partial charge in [-0.15, -0.1) is 0 Å². The molecule has 0 aliphatic rings. The molecule has 6 nitrogen and oxygen atoms in total. The minimum atomic E-state index is -3.32. The maximum absolute atomic E-state index is 11.7. The summed E-state index contributed by atoms with van der Waals surface area (Å²) in [5.74, 6) is -0.625. The van der Waals surface area contributed by atoms with Crippen LogP contribution in [0.5, 0.6) is 0 Å². The van der Waals surface area contributed by atoms with Gasteiger partial charge >= 0.3 is 0 Å². The summed E-state index contributed by atoms with van der Waals surface area (Å²) in [4.78, 5) is 20.0. The van der Waals surface area contributed by atoms with Gasteiger partial charge < -0.3 is 5.73 Å². The first-order valence-corrected chi connectivity index (χ1v) is 8.60. The minimum absolute atomic E-state index is 0.143. The van der Waals surface area contributed by atoms with Gasteiger partial charge in [-0.2, -0.15) is 0 Å². The van der Waals surface area contributed by atoms with Crippen LogP contribution in [-0.2, 0) is 9.84 Å². The topological polar surface area (TPSA) is 103 Å². The summed E-state index contributed by atoms with van der Waals surface area (Å²) in [5, 5.41) is 0.734. The van der Waals surface area contributed by atoms with Gasteiger partial charge in [0.1, 0.15) is 5.69 Å². The van der Waals surface area contributed by atoms with Crippen molar-refractivity contribution in [1.29, 1.82) is 0 Å². The number of primary amides is 1. The number of nitrogens with zero attached hydrogens (tertiary/aromatic N) is 2. The Bertz CT molecular complexity index is 1030. The Morgan fingerprint density at radius 3 is 2.61 bits per heavy atom. The Labute approximate surface area is 132 Å². The summed E-state index contributed by atoms with van der Waals surface area (Å²) in [6.07, 6.45) is 4.36. The Kier molecular flexibility index (Phi) is 3.57. The number of fused-ring (bicyclic) bond motifs is 1. The molecule has 23 heavy (non-hydrogen) atoms. The zero-order valence-electron chi connectivity index (χ0n) is 12.2. The molecule has 0 aliphatic carbocycles. The van der Waals surface area contributed by atoms with Crippen LogP contribution in [0, 0.1) is 0 Å². The van der Waals surface area contributed by atoms with Crippen LogP contribution in [0.25, 0.3) is 22.0 Å². The number of aromatic nitrogens is 2. The van der Waals surface area contributed by atoms with E-state index in [0.717, 1.165) is 11.6 Å². The number of benzene rings is 1. The number of carbonyl (C=O) groups is 1. The van der Waals surface area contributed by atoms with Gasteiger partial charge in [0.2, 0.25) is 0 Å². The average molecular weight is 327 g/mol. The summed E-state index contributed by atoms with van der Waals surface area (Å²) in [6, 6.07) is 9.75. The van der Waals surface area contributed by atoms with Crippen molar-refractivity contribution in [2.75, 3.05) is 6.26 Å². The quantitative estimate of drug-likeness (QED) is 0.790. The smallest absolute Gasteiger partial charge is 0.267 e. The molecule has 0 radical (unpaired) electrons. The molecule has 0 bridgehead atoms.